The van der Waals surface area contributed by atoms with E-state index in [9.17, 15) is 9.59 Å². The fourth-order valence-electron chi connectivity index (χ4n) is 2.33. The highest BCUT2D eigenvalue weighted by Gasteiger charge is 2.26. The second-order valence-electron chi connectivity index (χ2n) is 4.69. The van der Waals surface area contributed by atoms with Crippen LogP contribution < -0.4 is 0 Å². The monoisotopic (exact) mass is 256 g/mol. The first-order valence-corrected chi connectivity index (χ1v) is 6.81. The predicted molar refractivity (Wildman–Crippen MR) is 68.9 cm³/mol. The van der Waals surface area contributed by atoms with Crippen molar-refractivity contribution < 1.29 is 14.7 Å². The van der Waals surface area contributed by atoms with Gasteiger partial charge < -0.3 is 14.9 Å². The number of aliphatic hydroxyl groups excluding tert-OH is 1. The highest BCUT2D eigenvalue weighted by molar-refractivity contribution is 5.80. The van der Waals surface area contributed by atoms with Crippen LogP contribution in [0.1, 0.15) is 33.1 Å². The first-order valence-electron chi connectivity index (χ1n) is 6.81. The van der Waals surface area contributed by atoms with Gasteiger partial charge in [-0.2, -0.15) is 0 Å². The van der Waals surface area contributed by atoms with Crippen LogP contribution in [-0.2, 0) is 9.59 Å². The van der Waals surface area contributed by atoms with Crippen molar-refractivity contribution in [3.05, 3.63) is 0 Å². The molecule has 0 bridgehead atoms. The quantitative estimate of drug-likeness (QED) is 0.778. The van der Waals surface area contributed by atoms with Gasteiger partial charge in [0.25, 0.3) is 0 Å². The van der Waals surface area contributed by atoms with Gasteiger partial charge in [0.2, 0.25) is 11.8 Å². The second kappa shape index (κ2) is 7.36. The first kappa shape index (κ1) is 15.0. The Kier molecular flexibility index (Phi) is 6.12. The zero-order valence-corrected chi connectivity index (χ0v) is 11.4. The molecule has 0 spiro atoms. The number of carbonyl (C=O) groups is 2. The molecule has 0 radical (unpaired) electrons. The van der Waals surface area contributed by atoms with E-state index in [0.29, 0.717) is 26.2 Å². The summed E-state index contributed by atoms with van der Waals surface area (Å²) in [5, 5.41) is 8.73. The Labute approximate surface area is 109 Å². The molecule has 18 heavy (non-hydrogen) atoms. The fraction of sp³-hybridized carbons (Fsp3) is 0.846. The average molecular weight is 256 g/mol. The van der Waals surface area contributed by atoms with Gasteiger partial charge in [-0.05, 0) is 12.8 Å². The van der Waals surface area contributed by atoms with Gasteiger partial charge in [0.05, 0.1) is 6.61 Å². The van der Waals surface area contributed by atoms with Crippen LogP contribution in [0.25, 0.3) is 0 Å². The molecule has 0 aliphatic carbocycles. The van der Waals surface area contributed by atoms with Crippen molar-refractivity contribution in [2.75, 3.05) is 32.8 Å². The van der Waals surface area contributed by atoms with E-state index in [1.807, 2.05) is 18.7 Å². The van der Waals surface area contributed by atoms with E-state index in [1.165, 1.54) is 0 Å². The highest BCUT2D eigenvalue weighted by atomic mass is 16.3. The summed E-state index contributed by atoms with van der Waals surface area (Å²) in [7, 11) is 0. The lowest BCUT2D eigenvalue weighted by atomic mass is 10.0. The van der Waals surface area contributed by atoms with E-state index in [0.717, 1.165) is 12.8 Å². The standard InChI is InChI=1S/C13H24N2O3/c1-3-11(4-2)13(18)15-8-6-14(7-9-15)12(17)5-10-16/h11,16H,3-10H2,1-2H3. The van der Waals surface area contributed by atoms with E-state index in [2.05, 4.69) is 0 Å². The topological polar surface area (TPSA) is 60.9 Å². The van der Waals surface area contributed by atoms with Gasteiger partial charge in [0, 0.05) is 38.5 Å². The maximum atomic E-state index is 12.1. The first-order chi connectivity index (χ1) is 8.63. The fourth-order valence-corrected chi connectivity index (χ4v) is 2.33. The molecule has 0 atom stereocenters. The summed E-state index contributed by atoms with van der Waals surface area (Å²) >= 11 is 0. The van der Waals surface area contributed by atoms with Crippen LogP contribution >= 0.6 is 0 Å². The molecule has 1 N–H and O–H groups in total. The molecule has 0 aromatic carbocycles. The van der Waals surface area contributed by atoms with Gasteiger partial charge in [0.1, 0.15) is 0 Å². The van der Waals surface area contributed by atoms with Crippen molar-refractivity contribution in [1.82, 2.24) is 9.80 Å². The lowest BCUT2D eigenvalue weighted by Crippen LogP contribution is -2.52. The zero-order valence-electron chi connectivity index (χ0n) is 11.4. The minimum absolute atomic E-state index is 0.0212. The van der Waals surface area contributed by atoms with Gasteiger partial charge in [-0.1, -0.05) is 13.8 Å². The van der Waals surface area contributed by atoms with Crippen molar-refractivity contribution >= 4 is 11.8 Å². The lowest BCUT2D eigenvalue weighted by Gasteiger charge is -2.36. The van der Waals surface area contributed by atoms with E-state index in [4.69, 9.17) is 5.11 Å². The number of piperazine rings is 1. The molecule has 0 saturated carbocycles. The lowest BCUT2D eigenvalue weighted by molar-refractivity contribution is -0.142. The molecule has 2 amide bonds. The Morgan fingerprint density at radius 1 is 1.06 bits per heavy atom. The Balaban J connectivity index is 2.43. The summed E-state index contributed by atoms with van der Waals surface area (Å²) in [5.41, 5.74) is 0. The Bertz CT molecular complexity index is 282. The Hall–Kier alpha value is -1.10. The van der Waals surface area contributed by atoms with Crippen molar-refractivity contribution in [2.45, 2.75) is 33.1 Å². The molecule has 104 valence electrons. The summed E-state index contributed by atoms with van der Waals surface area (Å²) in [6, 6.07) is 0. The van der Waals surface area contributed by atoms with Gasteiger partial charge in [-0.15, -0.1) is 0 Å². The molecule has 1 fully saturated rings. The van der Waals surface area contributed by atoms with Gasteiger partial charge >= 0.3 is 0 Å². The predicted octanol–water partition coefficient (Wildman–Crippen LogP) is 0.476. The summed E-state index contributed by atoms with van der Waals surface area (Å²) in [6.45, 7) is 6.38. The molecule has 0 aromatic rings. The summed E-state index contributed by atoms with van der Waals surface area (Å²) < 4.78 is 0. The average Bonchev–Trinajstić information content (AvgIpc) is 2.40. The second-order valence-corrected chi connectivity index (χ2v) is 4.69. The van der Waals surface area contributed by atoms with Gasteiger partial charge in [0.15, 0.2) is 0 Å². The third-order valence-electron chi connectivity index (χ3n) is 3.60. The SMILES string of the molecule is CCC(CC)C(=O)N1CCN(C(=O)CCO)CC1. The minimum atomic E-state index is -0.105. The van der Waals surface area contributed by atoms with Crippen molar-refractivity contribution in [3.8, 4) is 0 Å². The van der Waals surface area contributed by atoms with E-state index < -0.39 is 0 Å². The molecule has 0 aromatic heterocycles. The number of rotatable bonds is 5. The number of carbonyl (C=O) groups excluding carboxylic acids is 2. The highest BCUT2D eigenvalue weighted by Crippen LogP contribution is 2.14. The van der Waals surface area contributed by atoms with E-state index >= 15 is 0 Å². The van der Waals surface area contributed by atoms with Crippen molar-refractivity contribution in [2.24, 2.45) is 5.92 Å². The maximum absolute atomic E-state index is 12.1. The van der Waals surface area contributed by atoms with Crippen LogP contribution in [0.4, 0.5) is 0 Å². The Morgan fingerprint density at radius 3 is 2.00 bits per heavy atom. The number of nitrogens with zero attached hydrogens (tertiary/aromatic N) is 2. The minimum Gasteiger partial charge on any atom is -0.396 e. The van der Waals surface area contributed by atoms with Crippen LogP contribution in [0.3, 0.4) is 0 Å². The molecule has 1 heterocycles. The van der Waals surface area contributed by atoms with Crippen LogP contribution in [0, 0.1) is 5.92 Å². The summed E-state index contributed by atoms with van der Waals surface area (Å²) in [6.07, 6.45) is 1.93. The molecule has 1 saturated heterocycles. The van der Waals surface area contributed by atoms with Crippen molar-refractivity contribution in [1.29, 1.82) is 0 Å². The molecular weight excluding hydrogens is 232 g/mol. The number of hydrogen-bond donors (Lipinski definition) is 1. The molecule has 5 nitrogen and oxygen atoms in total. The van der Waals surface area contributed by atoms with Gasteiger partial charge in [-0.3, -0.25) is 9.59 Å². The summed E-state index contributed by atoms with van der Waals surface area (Å²) in [5.74, 6) is 0.311. The number of hydrogen-bond acceptors (Lipinski definition) is 3. The van der Waals surface area contributed by atoms with Crippen LogP contribution in [-0.4, -0.2) is 59.5 Å². The molecule has 5 heteroatoms. The molecule has 1 aliphatic rings. The zero-order chi connectivity index (χ0) is 13.5. The third kappa shape index (κ3) is 3.70. The maximum Gasteiger partial charge on any atom is 0.225 e. The normalized spacial score (nSPS) is 16.2. The third-order valence-corrected chi connectivity index (χ3v) is 3.60. The van der Waals surface area contributed by atoms with Gasteiger partial charge in [-0.25, -0.2) is 0 Å². The van der Waals surface area contributed by atoms with Crippen LogP contribution in [0.5, 0.6) is 0 Å². The Morgan fingerprint density at radius 2 is 1.56 bits per heavy atom. The molecule has 0 unspecified atom stereocenters. The molecule has 1 aliphatic heterocycles. The van der Waals surface area contributed by atoms with E-state index in [-0.39, 0.29) is 30.8 Å². The molecular formula is C13H24N2O3. The molecule has 1 rings (SSSR count). The largest absolute Gasteiger partial charge is 0.396 e. The number of amides is 2. The van der Waals surface area contributed by atoms with Crippen LogP contribution in [0.2, 0.25) is 0 Å². The van der Waals surface area contributed by atoms with Crippen LogP contribution in [0.15, 0.2) is 0 Å². The number of aliphatic hydroxyl groups is 1. The smallest absolute Gasteiger partial charge is 0.225 e. The van der Waals surface area contributed by atoms with Crippen molar-refractivity contribution in [3.63, 3.8) is 0 Å². The summed E-state index contributed by atoms with van der Waals surface area (Å²) in [4.78, 5) is 27.3. The van der Waals surface area contributed by atoms with E-state index in [1.54, 1.807) is 4.90 Å².